The summed E-state index contributed by atoms with van der Waals surface area (Å²) in [5.74, 6) is 0. The van der Waals surface area contributed by atoms with E-state index in [-0.39, 0.29) is 18.3 Å². The van der Waals surface area contributed by atoms with E-state index >= 15 is 0 Å². The van der Waals surface area contributed by atoms with Gasteiger partial charge in [0.25, 0.3) is 0 Å². The predicted molar refractivity (Wildman–Crippen MR) is 104 cm³/mol. The summed E-state index contributed by atoms with van der Waals surface area (Å²) in [6.45, 7) is 17.8. The van der Waals surface area contributed by atoms with Crippen molar-refractivity contribution in [3.8, 4) is 0 Å². The number of rotatable bonds is 5. The zero-order valence-corrected chi connectivity index (χ0v) is 17.2. The van der Waals surface area contributed by atoms with Crippen LogP contribution < -0.4 is 10.6 Å². The molecule has 0 atom stereocenters. The Labute approximate surface area is 144 Å². The molecule has 1 aliphatic rings. The molecule has 1 aliphatic heterocycles. The zero-order chi connectivity index (χ0) is 17.5. The van der Waals surface area contributed by atoms with Gasteiger partial charge in [-0.1, -0.05) is 67.9 Å². The molecular formula is C19H33BO2Si. The van der Waals surface area contributed by atoms with E-state index < -0.39 is 8.07 Å². The Morgan fingerprint density at radius 1 is 0.913 bits per heavy atom. The highest BCUT2D eigenvalue weighted by Gasteiger charge is 2.53. The summed E-state index contributed by atoms with van der Waals surface area (Å²) in [4.78, 5) is 0. The maximum atomic E-state index is 6.36. The number of hydrogen-bond acceptors (Lipinski definition) is 2. The fourth-order valence-electron chi connectivity index (χ4n) is 3.63. The average Bonchev–Trinajstić information content (AvgIpc) is 2.70. The molecule has 1 saturated heterocycles. The Morgan fingerprint density at radius 3 is 1.83 bits per heavy atom. The maximum absolute atomic E-state index is 6.36. The molecule has 2 nitrogen and oxygen atoms in total. The van der Waals surface area contributed by atoms with Gasteiger partial charge in [0, 0.05) is 0 Å². The van der Waals surface area contributed by atoms with Crippen molar-refractivity contribution in [1.29, 1.82) is 0 Å². The molecule has 1 aromatic carbocycles. The smallest absolute Gasteiger partial charge is 0.399 e. The molecule has 2 rings (SSSR count). The van der Waals surface area contributed by atoms with E-state index in [1.165, 1.54) is 29.2 Å². The van der Waals surface area contributed by atoms with Gasteiger partial charge in [0.2, 0.25) is 0 Å². The summed E-state index contributed by atoms with van der Waals surface area (Å²) < 4.78 is 12.7. The van der Waals surface area contributed by atoms with Crippen LogP contribution in [0.1, 0.15) is 54.0 Å². The lowest BCUT2D eigenvalue weighted by Gasteiger charge is -2.32. The molecule has 0 aliphatic carbocycles. The highest BCUT2D eigenvalue weighted by atomic mass is 28.3. The summed E-state index contributed by atoms with van der Waals surface area (Å²) in [5, 5.41) is 1.54. The van der Waals surface area contributed by atoms with Crippen LogP contribution in [0.2, 0.25) is 18.1 Å². The second kappa shape index (κ2) is 6.38. The van der Waals surface area contributed by atoms with Crippen molar-refractivity contribution in [2.45, 2.75) is 84.7 Å². The Hall–Kier alpha value is -0.578. The summed E-state index contributed by atoms with van der Waals surface area (Å²) >= 11 is 0. The first kappa shape index (κ1) is 18.8. The van der Waals surface area contributed by atoms with Crippen LogP contribution in [0.3, 0.4) is 0 Å². The third-order valence-corrected chi connectivity index (χ3v) is 12.0. The minimum Gasteiger partial charge on any atom is -0.399 e. The normalized spacial score (nSPS) is 20.1. The molecule has 4 heteroatoms. The quantitative estimate of drug-likeness (QED) is 0.759. The molecule has 0 N–H and O–H groups in total. The number of benzene rings is 1. The van der Waals surface area contributed by atoms with Gasteiger partial charge in [0.05, 0.1) is 19.3 Å². The van der Waals surface area contributed by atoms with Crippen molar-refractivity contribution >= 4 is 25.8 Å². The minimum absolute atomic E-state index is 0.243. The lowest BCUT2D eigenvalue weighted by Crippen LogP contribution is -2.57. The van der Waals surface area contributed by atoms with Crippen molar-refractivity contribution in [2.24, 2.45) is 0 Å². The minimum atomic E-state index is -1.49. The first-order valence-corrected chi connectivity index (χ1v) is 11.7. The Kier molecular flexibility index (Phi) is 5.20. The van der Waals surface area contributed by atoms with Crippen LogP contribution in [0.4, 0.5) is 0 Å². The van der Waals surface area contributed by atoms with Crippen LogP contribution in [-0.2, 0) is 9.31 Å². The Morgan fingerprint density at radius 2 is 1.39 bits per heavy atom. The standard InChI is InChI=1S/C19H33BO2Si/c1-9-23(10-2,11-3)17-14-15(4)12-13-16(17)20-21-18(5,6)19(7,8)22-20/h12-14H,9-11H2,1-8H3. The van der Waals surface area contributed by atoms with Gasteiger partial charge in [0.15, 0.2) is 0 Å². The lowest BCUT2D eigenvalue weighted by atomic mass is 9.78. The van der Waals surface area contributed by atoms with Gasteiger partial charge >= 0.3 is 7.12 Å². The van der Waals surface area contributed by atoms with Crippen LogP contribution in [0.5, 0.6) is 0 Å². The molecule has 1 heterocycles. The number of aryl methyl sites for hydroxylation is 1. The second-order valence-electron chi connectivity index (χ2n) is 8.02. The maximum Gasteiger partial charge on any atom is 0.494 e. The van der Waals surface area contributed by atoms with Crippen molar-refractivity contribution in [3.63, 3.8) is 0 Å². The highest BCUT2D eigenvalue weighted by molar-refractivity contribution is 6.95. The van der Waals surface area contributed by atoms with E-state index in [1.807, 2.05) is 0 Å². The van der Waals surface area contributed by atoms with Crippen molar-refractivity contribution < 1.29 is 9.31 Å². The van der Waals surface area contributed by atoms with Crippen molar-refractivity contribution in [1.82, 2.24) is 0 Å². The molecular weight excluding hydrogens is 299 g/mol. The Balaban J connectivity index is 2.53. The van der Waals surface area contributed by atoms with Crippen LogP contribution >= 0.6 is 0 Å². The van der Waals surface area contributed by atoms with Gasteiger partial charge in [0.1, 0.15) is 0 Å². The van der Waals surface area contributed by atoms with Crippen LogP contribution in [0, 0.1) is 6.92 Å². The third-order valence-electron chi connectivity index (χ3n) is 6.32. The molecule has 23 heavy (non-hydrogen) atoms. The molecule has 128 valence electrons. The van der Waals surface area contributed by atoms with Gasteiger partial charge in [-0.3, -0.25) is 0 Å². The first-order valence-electron chi connectivity index (χ1n) is 9.09. The van der Waals surface area contributed by atoms with E-state index in [9.17, 15) is 0 Å². The molecule has 1 fully saturated rings. The molecule has 0 spiro atoms. The fraction of sp³-hybridized carbons (Fsp3) is 0.684. The zero-order valence-electron chi connectivity index (χ0n) is 16.2. The Bertz CT molecular complexity index is 540. The van der Waals surface area contributed by atoms with Gasteiger partial charge < -0.3 is 9.31 Å². The molecule has 0 aromatic heterocycles. The monoisotopic (exact) mass is 332 g/mol. The largest absolute Gasteiger partial charge is 0.494 e. The molecule has 0 unspecified atom stereocenters. The highest BCUT2D eigenvalue weighted by Crippen LogP contribution is 2.36. The van der Waals surface area contributed by atoms with E-state index in [0.29, 0.717) is 0 Å². The molecule has 0 amide bonds. The molecule has 0 bridgehead atoms. The van der Waals surface area contributed by atoms with E-state index in [4.69, 9.17) is 9.31 Å². The fourth-order valence-corrected chi connectivity index (χ4v) is 7.62. The first-order chi connectivity index (χ1) is 10.6. The van der Waals surface area contributed by atoms with E-state index in [1.54, 1.807) is 5.19 Å². The second-order valence-corrected chi connectivity index (χ2v) is 13.2. The topological polar surface area (TPSA) is 18.5 Å². The van der Waals surface area contributed by atoms with Gasteiger partial charge in [-0.05, 0) is 40.1 Å². The third kappa shape index (κ3) is 3.18. The molecule has 0 saturated carbocycles. The predicted octanol–water partition coefficient (Wildman–Crippen LogP) is 4.01. The van der Waals surface area contributed by atoms with Crippen LogP contribution in [0.25, 0.3) is 0 Å². The lowest BCUT2D eigenvalue weighted by molar-refractivity contribution is 0.00578. The summed E-state index contributed by atoms with van der Waals surface area (Å²) in [5.41, 5.74) is 2.04. The van der Waals surface area contributed by atoms with Gasteiger partial charge in [-0.15, -0.1) is 0 Å². The van der Waals surface area contributed by atoms with Crippen LogP contribution in [0.15, 0.2) is 18.2 Å². The van der Waals surface area contributed by atoms with Crippen molar-refractivity contribution in [3.05, 3.63) is 23.8 Å². The van der Waals surface area contributed by atoms with Crippen molar-refractivity contribution in [2.75, 3.05) is 0 Å². The summed E-state index contributed by atoms with van der Waals surface area (Å²) in [6.07, 6.45) is 0. The average molecular weight is 332 g/mol. The van der Waals surface area contributed by atoms with Gasteiger partial charge in [-0.2, -0.15) is 0 Å². The van der Waals surface area contributed by atoms with Crippen LogP contribution in [-0.4, -0.2) is 26.4 Å². The summed E-state index contributed by atoms with van der Waals surface area (Å²) in [7, 11) is -1.73. The van der Waals surface area contributed by atoms with E-state index in [2.05, 4.69) is 73.6 Å². The SMILES string of the molecule is CC[Si](CC)(CC)c1cc(C)ccc1B1OC(C)(C)C(C)(C)O1. The summed E-state index contributed by atoms with van der Waals surface area (Å²) in [6, 6.07) is 10.7. The molecule has 1 aromatic rings. The van der Waals surface area contributed by atoms with E-state index in [0.717, 1.165) is 0 Å². The molecule has 0 radical (unpaired) electrons. The van der Waals surface area contributed by atoms with Gasteiger partial charge in [-0.25, -0.2) is 0 Å². The number of hydrogen-bond donors (Lipinski definition) is 0.